The second-order valence-corrected chi connectivity index (χ2v) is 6.87. The van der Waals surface area contributed by atoms with Crippen molar-refractivity contribution in [3.63, 3.8) is 0 Å². The van der Waals surface area contributed by atoms with Crippen LogP contribution in [0.15, 0.2) is 30.3 Å². The summed E-state index contributed by atoms with van der Waals surface area (Å²) in [6.45, 7) is 6.79. The molecule has 20 heavy (non-hydrogen) atoms. The van der Waals surface area contributed by atoms with Gasteiger partial charge in [0.05, 0.1) is 10.7 Å². The molecular weight excluding hydrogens is 264 g/mol. The molecule has 1 aliphatic heterocycles. The van der Waals surface area contributed by atoms with Crippen molar-refractivity contribution in [3.8, 4) is 11.3 Å². The van der Waals surface area contributed by atoms with Crippen LogP contribution in [-0.4, -0.2) is 18.1 Å². The van der Waals surface area contributed by atoms with Crippen molar-refractivity contribution in [3.05, 3.63) is 40.2 Å². The van der Waals surface area contributed by atoms with Gasteiger partial charge in [-0.05, 0) is 31.8 Å². The quantitative estimate of drug-likeness (QED) is 0.904. The van der Waals surface area contributed by atoms with Gasteiger partial charge in [0.15, 0.2) is 0 Å². The van der Waals surface area contributed by atoms with E-state index in [1.165, 1.54) is 34.0 Å². The minimum absolute atomic E-state index is 0.540. The molecule has 0 amide bonds. The van der Waals surface area contributed by atoms with E-state index in [9.17, 15) is 0 Å². The number of nitrogens with zero attached hydrogens (tertiary/aromatic N) is 1. The monoisotopic (exact) mass is 286 g/mol. The molecule has 2 aromatic rings. The molecule has 1 saturated heterocycles. The first-order valence-electron chi connectivity index (χ1n) is 7.52. The number of hydrogen-bond donors (Lipinski definition) is 1. The van der Waals surface area contributed by atoms with E-state index in [-0.39, 0.29) is 0 Å². The van der Waals surface area contributed by atoms with Crippen LogP contribution in [0.4, 0.5) is 0 Å². The van der Waals surface area contributed by atoms with E-state index in [2.05, 4.69) is 49.5 Å². The van der Waals surface area contributed by atoms with Crippen LogP contribution >= 0.6 is 11.3 Å². The van der Waals surface area contributed by atoms with Crippen LogP contribution in [0.25, 0.3) is 11.3 Å². The number of rotatable bonds is 3. The van der Waals surface area contributed by atoms with E-state index >= 15 is 0 Å². The van der Waals surface area contributed by atoms with E-state index in [0.29, 0.717) is 11.8 Å². The van der Waals surface area contributed by atoms with Gasteiger partial charge in [0, 0.05) is 16.4 Å². The summed E-state index contributed by atoms with van der Waals surface area (Å²) in [5.74, 6) is 1.19. The maximum atomic E-state index is 5.02. The molecule has 3 heteroatoms. The third-order valence-electron chi connectivity index (χ3n) is 3.93. The highest BCUT2D eigenvalue weighted by molar-refractivity contribution is 7.12. The number of aromatic nitrogens is 1. The lowest BCUT2D eigenvalue weighted by Gasteiger charge is -2.20. The molecule has 2 heterocycles. The summed E-state index contributed by atoms with van der Waals surface area (Å²) in [6, 6.07) is 10.6. The van der Waals surface area contributed by atoms with Crippen LogP contribution < -0.4 is 5.32 Å². The summed E-state index contributed by atoms with van der Waals surface area (Å²) in [6.07, 6.45) is 2.44. The average Bonchev–Trinajstić information content (AvgIpc) is 2.94. The molecule has 0 bridgehead atoms. The van der Waals surface area contributed by atoms with Gasteiger partial charge in [-0.3, -0.25) is 0 Å². The maximum absolute atomic E-state index is 5.02. The first kappa shape index (κ1) is 13.8. The Morgan fingerprint density at radius 3 is 2.50 bits per heavy atom. The fourth-order valence-corrected chi connectivity index (χ4v) is 4.05. The molecule has 0 unspecified atom stereocenters. The van der Waals surface area contributed by atoms with Gasteiger partial charge in [-0.1, -0.05) is 44.2 Å². The Hall–Kier alpha value is -1.19. The Bertz CT molecular complexity index is 554. The lowest BCUT2D eigenvalue weighted by atomic mass is 9.99. The zero-order valence-electron chi connectivity index (χ0n) is 12.2. The number of thiazole rings is 1. The Morgan fingerprint density at radius 1 is 1.15 bits per heavy atom. The lowest BCUT2D eigenvalue weighted by molar-refractivity contribution is 0.459. The number of nitrogens with one attached hydrogen (secondary N) is 1. The molecule has 0 spiro atoms. The summed E-state index contributed by atoms with van der Waals surface area (Å²) < 4.78 is 0. The van der Waals surface area contributed by atoms with Crippen molar-refractivity contribution in [1.29, 1.82) is 0 Å². The largest absolute Gasteiger partial charge is 0.317 e. The van der Waals surface area contributed by atoms with Gasteiger partial charge in [-0.2, -0.15) is 0 Å². The smallest absolute Gasteiger partial charge is 0.0967 e. The van der Waals surface area contributed by atoms with Gasteiger partial charge in [0.25, 0.3) is 0 Å². The van der Waals surface area contributed by atoms with Crippen molar-refractivity contribution in [1.82, 2.24) is 10.3 Å². The lowest BCUT2D eigenvalue weighted by Crippen LogP contribution is -2.26. The van der Waals surface area contributed by atoms with E-state index in [0.717, 1.165) is 13.1 Å². The van der Waals surface area contributed by atoms with Gasteiger partial charge < -0.3 is 5.32 Å². The summed E-state index contributed by atoms with van der Waals surface area (Å²) in [4.78, 5) is 6.45. The molecular formula is C17H22N2S. The second-order valence-electron chi connectivity index (χ2n) is 5.81. The summed E-state index contributed by atoms with van der Waals surface area (Å²) in [5.41, 5.74) is 2.46. The van der Waals surface area contributed by atoms with E-state index in [4.69, 9.17) is 4.98 Å². The van der Waals surface area contributed by atoms with Gasteiger partial charge in [-0.15, -0.1) is 11.3 Å². The predicted octanol–water partition coefficient (Wildman–Crippen LogP) is 4.40. The molecule has 2 nitrogen and oxygen atoms in total. The molecule has 1 aromatic carbocycles. The topological polar surface area (TPSA) is 24.9 Å². The van der Waals surface area contributed by atoms with Crippen molar-refractivity contribution in [2.24, 2.45) is 0 Å². The van der Waals surface area contributed by atoms with Crippen molar-refractivity contribution in [2.75, 3.05) is 13.1 Å². The molecule has 0 radical (unpaired) electrons. The third-order valence-corrected chi connectivity index (χ3v) is 5.45. The Balaban J connectivity index is 1.98. The second kappa shape index (κ2) is 6.06. The zero-order chi connectivity index (χ0) is 13.9. The first-order chi connectivity index (χ1) is 9.75. The highest BCUT2D eigenvalue weighted by Gasteiger charge is 2.22. The fourth-order valence-electron chi connectivity index (χ4n) is 2.79. The van der Waals surface area contributed by atoms with Gasteiger partial charge >= 0.3 is 0 Å². The molecule has 3 rings (SSSR count). The first-order valence-corrected chi connectivity index (χ1v) is 8.34. The van der Waals surface area contributed by atoms with E-state index in [1.807, 2.05) is 11.3 Å². The van der Waals surface area contributed by atoms with Crippen molar-refractivity contribution >= 4 is 11.3 Å². The predicted molar refractivity (Wildman–Crippen MR) is 86.5 cm³/mol. The van der Waals surface area contributed by atoms with Crippen LogP contribution in [0.1, 0.15) is 48.4 Å². The standard InChI is InChI=1S/C17H22N2S/c1-12(2)16-15(13-6-4-3-5-7-13)19-17(20-16)14-8-10-18-11-9-14/h3-7,12,14,18H,8-11H2,1-2H3. The van der Waals surface area contributed by atoms with Crippen molar-refractivity contribution < 1.29 is 0 Å². The third kappa shape index (κ3) is 2.79. The number of hydrogen-bond acceptors (Lipinski definition) is 3. The Morgan fingerprint density at radius 2 is 1.85 bits per heavy atom. The molecule has 0 saturated carbocycles. The molecule has 106 valence electrons. The molecule has 0 atom stereocenters. The fraction of sp³-hybridized carbons (Fsp3) is 0.471. The molecule has 1 fully saturated rings. The normalized spacial score (nSPS) is 16.8. The molecule has 0 aliphatic carbocycles. The van der Waals surface area contributed by atoms with E-state index in [1.54, 1.807) is 0 Å². The summed E-state index contributed by atoms with van der Waals surface area (Å²) in [7, 11) is 0. The van der Waals surface area contributed by atoms with Gasteiger partial charge in [-0.25, -0.2) is 4.98 Å². The van der Waals surface area contributed by atoms with Gasteiger partial charge in [0.2, 0.25) is 0 Å². The maximum Gasteiger partial charge on any atom is 0.0967 e. The zero-order valence-corrected chi connectivity index (χ0v) is 13.0. The molecule has 1 N–H and O–H groups in total. The Kier molecular flexibility index (Phi) is 4.18. The minimum Gasteiger partial charge on any atom is -0.317 e. The average molecular weight is 286 g/mol. The number of benzene rings is 1. The highest BCUT2D eigenvalue weighted by Crippen LogP contribution is 2.38. The molecule has 1 aliphatic rings. The van der Waals surface area contributed by atoms with Crippen molar-refractivity contribution in [2.45, 2.75) is 38.5 Å². The van der Waals surface area contributed by atoms with Crippen LogP contribution in [0.5, 0.6) is 0 Å². The van der Waals surface area contributed by atoms with Gasteiger partial charge in [0.1, 0.15) is 0 Å². The van der Waals surface area contributed by atoms with Crippen LogP contribution in [0.2, 0.25) is 0 Å². The van der Waals surface area contributed by atoms with Crippen LogP contribution in [0, 0.1) is 0 Å². The van der Waals surface area contributed by atoms with E-state index < -0.39 is 0 Å². The molecule has 1 aromatic heterocycles. The minimum atomic E-state index is 0.540. The SMILES string of the molecule is CC(C)c1sc(C2CCNCC2)nc1-c1ccccc1. The van der Waals surface area contributed by atoms with Crippen LogP contribution in [0.3, 0.4) is 0 Å². The Labute approximate surface area is 125 Å². The number of piperidine rings is 1. The van der Waals surface area contributed by atoms with Crippen LogP contribution in [-0.2, 0) is 0 Å². The summed E-state index contributed by atoms with van der Waals surface area (Å²) in [5, 5.41) is 4.78. The summed E-state index contributed by atoms with van der Waals surface area (Å²) >= 11 is 1.93. The highest BCUT2D eigenvalue weighted by atomic mass is 32.1.